The van der Waals surface area contributed by atoms with E-state index in [1.807, 2.05) is 11.8 Å². The lowest BCUT2D eigenvalue weighted by molar-refractivity contribution is 0.550. The van der Waals surface area contributed by atoms with Gasteiger partial charge < -0.3 is 5.32 Å². The molecule has 0 aliphatic rings. The molecule has 0 aliphatic heterocycles. The van der Waals surface area contributed by atoms with Gasteiger partial charge in [-0.3, -0.25) is 0 Å². The van der Waals surface area contributed by atoms with Crippen LogP contribution in [0.25, 0.3) is 0 Å². The molecule has 0 aliphatic carbocycles. The molecular formula is C15H25NS. The maximum absolute atomic E-state index is 3.51. The van der Waals surface area contributed by atoms with Crippen molar-refractivity contribution < 1.29 is 0 Å². The third-order valence-corrected chi connectivity index (χ3v) is 3.49. The summed E-state index contributed by atoms with van der Waals surface area (Å²) in [5, 5.41) is 3.51. The maximum atomic E-state index is 3.51. The molecule has 1 rings (SSSR count). The van der Waals surface area contributed by atoms with Crippen LogP contribution < -0.4 is 5.32 Å². The number of rotatable bonds is 5. The van der Waals surface area contributed by atoms with Crippen molar-refractivity contribution in [1.29, 1.82) is 0 Å². The molecule has 96 valence electrons. The summed E-state index contributed by atoms with van der Waals surface area (Å²) in [6.45, 7) is 13.3. The molecule has 0 bridgehead atoms. The molecule has 1 aromatic carbocycles. The minimum Gasteiger partial charge on any atom is -0.312 e. The Labute approximate surface area is 110 Å². The van der Waals surface area contributed by atoms with E-state index in [9.17, 15) is 0 Å². The van der Waals surface area contributed by atoms with E-state index in [0.717, 1.165) is 13.1 Å². The van der Waals surface area contributed by atoms with E-state index >= 15 is 0 Å². The Morgan fingerprint density at radius 2 is 1.82 bits per heavy atom. The van der Waals surface area contributed by atoms with Gasteiger partial charge in [0.1, 0.15) is 0 Å². The van der Waals surface area contributed by atoms with Crippen LogP contribution >= 0.6 is 11.8 Å². The van der Waals surface area contributed by atoms with Crippen molar-refractivity contribution in [1.82, 2.24) is 5.32 Å². The van der Waals surface area contributed by atoms with Gasteiger partial charge in [-0.05, 0) is 24.1 Å². The molecule has 1 nitrogen and oxygen atoms in total. The molecule has 0 heterocycles. The number of hydrogen-bond donors (Lipinski definition) is 1. The molecule has 0 fully saturated rings. The highest BCUT2D eigenvalue weighted by Crippen LogP contribution is 2.33. The van der Waals surface area contributed by atoms with Crippen LogP contribution in [0.2, 0.25) is 0 Å². The largest absolute Gasteiger partial charge is 0.312 e. The fraction of sp³-hybridized carbons (Fsp3) is 0.600. The second kappa shape index (κ2) is 6.46. The summed E-state index contributed by atoms with van der Waals surface area (Å²) in [7, 11) is 0. The van der Waals surface area contributed by atoms with Crippen LogP contribution in [0.5, 0.6) is 0 Å². The average molecular weight is 251 g/mol. The number of thioether (sulfide) groups is 1. The monoisotopic (exact) mass is 251 g/mol. The first-order valence-electron chi connectivity index (χ1n) is 6.36. The molecule has 0 saturated carbocycles. The Morgan fingerprint density at radius 1 is 1.18 bits per heavy atom. The van der Waals surface area contributed by atoms with Gasteiger partial charge in [0, 0.05) is 16.2 Å². The van der Waals surface area contributed by atoms with Crippen molar-refractivity contribution in [3.63, 3.8) is 0 Å². The molecule has 0 spiro atoms. The molecule has 17 heavy (non-hydrogen) atoms. The van der Waals surface area contributed by atoms with Crippen LogP contribution in [0.3, 0.4) is 0 Å². The van der Waals surface area contributed by atoms with Gasteiger partial charge in [0.05, 0.1) is 0 Å². The highest BCUT2D eigenvalue weighted by atomic mass is 32.2. The van der Waals surface area contributed by atoms with E-state index < -0.39 is 0 Å². The van der Waals surface area contributed by atoms with Gasteiger partial charge in [-0.15, -0.1) is 11.8 Å². The molecule has 0 saturated heterocycles. The van der Waals surface area contributed by atoms with Gasteiger partial charge in [0.25, 0.3) is 0 Å². The lowest BCUT2D eigenvalue weighted by Crippen LogP contribution is -2.19. The third kappa shape index (κ3) is 6.13. The highest BCUT2D eigenvalue weighted by Gasteiger charge is 2.14. The van der Waals surface area contributed by atoms with E-state index in [1.165, 1.54) is 10.5 Å². The summed E-state index contributed by atoms with van der Waals surface area (Å²) in [5.74, 6) is 0.706. The molecule has 2 heteroatoms. The summed E-state index contributed by atoms with van der Waals surface area (Å²) in [6, 6.07) is 8.70. The van der Waals surface area contributed by atoms with Crippen LogP contribution in [0.4, 0.5) is 0 Å². The topological polar surface area (TPSA) is 12.0 Å². The van der Waals surface area contributed by atoms with Crippen molar-refractivity contribution in [2.45, 2.75) is 50.8 Å². The quantitative estimate of drug-likeness (QED) is 0.782. The van der Waals surface area contributed by atoms with Gasteiger partial charge in [0.15, 0.2) is 0 Å². The van der Waals surface area contributed by atoms with E-state index in [2.05, 4.69) is 64.2 Å². The first-order valence-corrected chi connectivity index (χ1v) is 7.18. The van der Waals surface area contributed by atoms with Gasteiger partial charge in [-0.2, -0.15) is 0 Å². The molecule has 0 aromatic heterocycles. The number of benzene rings is 1. The zero-order valence-electron chi connectivity index (χ0n) is 11.7. The average Bonchev–Trinajstić information content (AvgIpc) is 2.17. The molecule has 0 radical (unpaired) electrons. The Hall–Kier alpha value is -0.470. The van der Waals surface area contributed by atoms with Crippen molar-refractivity contribution >= 4 is 11.8 Å². The number of nitrogens with one attached hydrogen (secondary N) is 1. The zero-order chi connectivity index (χ0) is 12.9. The Morgan fingerprint density at radius 3 is 2.41 bits per heavy atom. The SMILES string of the molecule is CC(C)CNCc1ccccc1SC(C)(C)C. The lowest BCUT2D eigenvalue weighted by Gasteiger charge is -2.20. The Kier molecular flexibility index (Phi) is 5.54. The third-order valence-electron chi connectivity index (χ3n) is 2.26. The zero-order valence-corrected chi connectivity index (χ0v) is 12.5. The van der Waals surface area contributed by atoms with Crippen LogP contribution in [0, 0.1) is 5.92 Å². The summed E-state index contributed by atoms with van der Waals surface area (Å²) < 4.78 is 0.272. The molecule has 1 N–H and O–H groups in total. The predicted octanol–water partition coefficient (Wildman–Crippen LogP) is 4.32. The molecule has 0 atom stereocenters. The van der Waals surface area contributed by atoms with Gasteiger partial charge in [-0.25, -0.2) is 0 Å². The Balaban J connectivity index is 2.64. The van der Waals surface area contributed by atoms with E-state index in [-0.39, 0.29) is 4.75 Å². The minimum absolute atomic E-state index is 0.272. The van der Waals surface area contributed by atoms with Crippen LogP contribution in [-0.4, -0.2) is 11.3 Å². The minimum atomic E-state index is 0.272. The standard InChI is InChI=1S/C15H25NS/c1-12(2)10-16-11-13-8-6-7-9-14(13)17-15(3,4)5/h6-9,12,16H,10-11H2,1-5H3. The second-order valence-electron chi connectivity index (χ2n) is 5.85. The van der Waals surface area contributed by atoms with Gasteiger partial charge in [0.2, 0.25) is 0 Å². The summed E-state index contributed by atoms with van der Waals surface area (Å²) in [5.41, 5.74) is 1.41. The van der Waals surface area contributed by atoms with Crippen molar-refractivity contribution in [2.75, 3.05) is 6.54 Å². The molecule has 0 unspecified atom stereocenters. The van der Waals surface area contributed by atoms with E-state index in [0.29, 0.717) is 5.92 Å². The molecule has 1 aromatic rings. The van der Waals surface area contributed by atoms with Crippen molar-refractivity contribution in [3.05, 3.63) is 29.8 Å². The smallest absolute Gasteiger partial charge is 0.0216 e. The first kappa shape index (κ1) is 14.6. The summed E-state index contributed by atoms with van der Waals surface area (Å²) in [4.78, 5) is 1.40. The normalized spacial score (nSPS) is 12.1. The molecule has 0 amide bonds. The summed E-state index contributed by atoms with van der Waals surface area (Å²) in [6.07, 6.45) is 0. The molecular weight excluding hydrogens is 226 g/mol. The van der Waals surface area contributed by atoms with Crippen LogP contribution in [0.1, 0.15) is 40.2 Å². The van der Waals surface area contributed by atoms with Crippen LogP contribution in [-0.2, 0) is 6.54 Å². The second-order valence-corrected chi connectivity index (χ2v) is 7.72. The van der Waals surface area contributed by atoms with E-state index in [4.69, 9.17) is 0 Å². The Bertz CT molecular complexity index is 339. The lowest BCUT2D eigenvalue weighted by atomic mass is 10.2. The van der Waals surface area contributed by atoms with Crippen molar-refractivity contribution in [2.24, 2.45) is 5.92 Å². The van der Waals surface area contributed by atoms with E-state index in [1.54, 1.807) is 0 Å². The fourth-order valence-electron chi connectivity index (χ4n) is 1.57. The van der Waals surface area contributed by atoms with Gasteiger partial charge >= 0.3 is 0 Å². The maximum Gasteiger partial charge on any atom is 0.0216 e. The first-order chi connectivity index (χ1) is 7.88. The van der Waals surface area contributed by atoms with Gasteiger partial charge in [-0.1, -0.05) is 52.8 Å². The summed E-state index contributed by atoms with van der Waals surface area (Å²) >= 11 is 1.95. The predicted molar refractivity (Wildman–Crippen MR) is 78.6 cm³/mol. The number of hydrogen-bond acceptors (Lipinski definition) is 2. The van der Waals surface area contributed by atoms with Crippen molar-refractivity contribution in [3.8, 4) is 0 Å². The highest BCUT2D eigenvalue weighted by molar-refractivity contribution is 8.00. The van der Waals surface area contributed by atoms with Crippen LogP contribution in [0.15, 0.2) is 29.2 Å². The fourth-order valence-corrected chi connectivity index (χ4v) is 2.65.